The van der Waals surface area contributed by atoms with Crippen LogP contribution in [0, 0.1) is 16.7 Å². The fourth-order valence-corrected chi connectivity index (χ4v) is 7.05. The number of phenols is 1. The van der Waals surface area contributed by atoms with Crippen LogP contribution in [-0.4, -0.2) is 9.97 Å². The van der Waals surface area contributed by atoms with Crippen LogP contribution in [0.15, 0.2) is 18.2 Å². The molecule has 0 heterocycles. The van der Waals surface area contributed by atoms with Gasteiger partial charge in [-0.05, 0) is 58.8 Å². The minimum absolute atomic E-state index is 0.00529. The van der Waals surface area contributed by atoms with E-state index in [4.69, 9.17) is 12.2 Å². The molecule has 0 aromatic heterocycles. The van der Waals surface area contributed by atoms with Crippen LogP contribution in [0.5, 0.6) is 5.75 Å². The molecule has 1 nitrogen and oxygen atoms in total. The minimum Gasteiger partial charge on any atom is -0.507 e. The third kappa shape index (κ3) is 2.66. The normalized spacial score (nSPS) is 27.5. The quantitative estimate of drug-likeness (QED) is 0.399. The van der Waals surface area contributed by atoms with Crippen LogP contribution in [0.4, 0.5) is 0 Å². The maximum atomic E-state index is 11.2. The molecule has 1 N–H and O–H groups in total. The Balaban J connectivity index is 1.71. The SMILES string of the molecule is CCCCCCC(C)(C)c1cc(O)c2c(c1)CC(=S)C13CCC(C=C21)C3(C)C. The van der Waals surface area contributed by atoms with E-state index in [1.807, 2.05) is 0 Å². The van der Waals surface area contributed by atoms with Crippen LogP contribution in [0.25, 0.3) is 5.57 Å². The van der Waals surface area contributed by atoms with Crippen LogP contribution >= 0.6 is 12.2 Å². The number of hydrogen-bond donors (Lipinski definition) is 1. The molecular formula is C26H36OS. The fourth-order valence-electron chi connectivity index (χ4n) is 6.42. The first-order valence-electron chi connectivity index (χ1n) is 11.3. The average molecular weight is 397 g/mol. The molecule has 1 saturated carbocycles. The second-order valence-electron chi connectivity index (χ2n) is 10.7. The number of unbranched alkanes of at least 4 members (excludes halogenated alkanes) is 3. The summed E-state index contributed by atoms with van der Waals surface area (Å²) in [6.07, 6.45) is 12.0. The summed E-state index contributed by atoms with van der Waals surface area (Å²) in [5, 5.41) is 11.2. The summed E-state index contributed by atoms with van der Waals surface area (Å²) in [5.74, 6) is 1.06. The maximum absolute atomic E-state index is 11.2. The number of allylic oxidation sites excluding steroid dienone is 2. The van der Waals surface area contributed by atoms with Gasteiger partial charge in [0.1, 0.15) is 5.75 Å². The van der Waals surface area contributed by atoms with Crippen LogP contribution in [-0.2, 0) is 11.8 Å². The third-order valence-corrected chi connectivity index (χ3v) is 8.91. The van der Waals surface area contributed by atoms with Crippen molar-refractivity contribution >= 4 is 22.7 Å². The fraction of sp³-hybridized carbons (Fsp3) is 0.654. The second kappa shape index (κ2) is 6.69. The number of thiocarbonyl (C=S) groups is 1. The Morgan fingerprint density at radius 2 is 1.93 bits per heavy atom. The minimum atomic E-state index is -0.00529. The lowest BCUT2D eigenvalue weighted by Gasteiger charge is -2.45. The van der Waals surface area contributed by atoms with E-state index < -0.39 is 0 Å². The molecule has 0 aliphatic heterocycles. The Bertz CT molecular complexity index is 844. The first kappa shape index (κ1) is 20.1. The van der Waals surface area contributed by atoms with Gasteiger partial charge >= 0.3 is 0 Å². The summed E-state index contributed by atoms with van der Waals surface area (Å²) in [5.41, 5.74) is 5.22. The van der Waals surface area contributed by atoms with E-state index in [0.29, 0.717) is 11.7 Å². The van der Waals surface area contributed by atoms with Crippen molar-refractivity contribution < 1.29 is 5.11 Å². The Morgan fingerprint density at radius 1 is 1.18 bits per heavy atom. The van der Waals surface area contributed by atoms with Gasteiger partial charge in [0.05, 0.1) is 0 Å². The summed E-state index contributed by atoms with van der Waals surface area (Å²) in [6.45, 7) is 11.7. The molecule has 2 heteroatoms. The summed E-state index contributed by atoms with van der Waals surface area (Å²) < 4.78 is 0. The highest BCUT2D eigenvalue weighted by Gasteiger charge is 2.63. The van der Waals surface area contributed by atoms with E-state index in [9.17, 15) is 5.11 Å². The van der Waals surface area contributed by atoms with Crippen LogP contribution in [0.1, 0.15) is 96.3 Å². The first-order valence-corrected chi connectivity index (χ1v) is 11.7. The Morgan fingerprint density at radius 3 is 2.61 bits per heavy atom. The van der Waals surface area contributed by atoms with Crippen LogP contribution in [0.2, 0.25) is 0 Å². The highest BCUT2D eigenvalue weighted by molar-refractivity contribution is 7.80. The van der Waals surface area contributed by atoms with Crippen molar-refractivity contribution in [2.75, 3.05) is 0 Å². The van der Waals surface area contributed by atoms with Gasteiger partial charge in [-0.1, -0.05) is 84.7 Å². The van der Waals surface area contributed by atoms with Crippen molar-refractivity contribution in [2.45, 2.75) is 91.4 Å². The number of benzene rings is 1. The van der Waals surface area contributed by atoms with Gasteiger partial charge in [-0.15, -0.1) is 0 Å². The summed E-state index contributed by atoms with van der Waals surface area (Å²) in [6, 6.07) is 4.41. The largest absolute Gasteiger partial charge is 0.507 e. The molecule has 152 valence electrons. The van der Waals surface area contributed by atoms with E-state index >= 15 is 0 Å². The zero-order chi connectivity index (χ0) is 20.3. The molecular weight excluding hydrogens is 360 g/mol. The van der Waals surface area contributed by atoms with Crippen molar-refractivity contribution in [1.82, 2.24) is 0 Å². The molecule has 4 rings (SSSR count). The lowest BCUT2D eigenvalue weighted by molar-refractivity contribution is 0.236. The molecule has 2 bridgehead atoms. The highest BCUT2D eigenvalue weighted by atomic mass is 32.1. The van der Waals surface area contributed by atoms with Gasteiger partial charge in [0.15, 0.2) is 0 Å². The molecule has 2 atom stereocenters. The molecule has 1 spiro atoms. The molecule has 0 saturated heterocycles. The third-order valence-electron chi connectivity index (χ3n) is 8.42. The molecule has 1 aromatic rings. The predicted octanol–water partition coefficient (Wildman–Crippen LogP) is 7.39. The van der Waals surface area contributed by atoms with E-state index in [-0.39, 0.29) is 16.2 Å². The maximum Gasteiger partial charge on any atom is 0.123 e. The molecule has 0 radical (unpaired) electrons. The first-order chi connectivity index (χ1) is 13.1. The lowest BCUT2D eigenvalue weighted by atomic mass is 9.58. The average Bonchev–Trinajstić information content (AvgIpc) is 3.01. The highest BCUT2D eigenvalue weighted by Crippen LogP contribution is 2.71. The lowest BCUT2D eigenvalue weighted by Crippen LogP contribution is -2.42. The zero-order valence-corrected chi connectivity index (χ0v) is 19.1. The van der Waals surface area contributed by atoms with E-state index in [0.717, 1.165) is 24.8 Å². The number of fused-ring (bicyclic) bond motifs is 3. The van der Waals surface area contributed by atoms with Crippen molar-refractivity contribution in [3.05, 3.63) is 34.9 Å². The van der Waals surface area contributed by atoms with Crippen LogP contribution < -0.4 is 0 Å². The van der Waals surface area contributed by atoms with E-state index in [1.165, 1.54) is 53.7 Å². The second-order valence-corrected chi connectivity index (χ2v) is 11.2. The number of phenolic OH excluding ortho intramolecular Hbond substituents is 1. The molecule has 0 amide bonds. The predicted molar refractivity (Wildman–Crippen MR) is 123 cm³/mol. The van der Waals surface area contributed by atoms with E-state index in [1.54, 1.807) is 0 Å². The van der Waals surface area contributed by atoms with Crippen molar-refractivity contribution in [2.24, 2.45) is 16.7 Å². The van der Waals surface area contributed by atoms with Crippen LogP contribution in [0.3, 0.4) is 0 Å². The Labute approximate surface area is 176 Å². The molecule has 3 aliphatic carbocycles. The molecule has 2 unspecified atom stereocenters. The van der Waals surface area contributed by atoms with Gasteiger partial charge in [0.25, 0.3) is 0 Å². The summed E-state index contributed by atoms with van der Waals surface area (Å²) >= 11 is 6.06. The van der Waals surface area contributed by atoms with Crippen molar-refractivity contribution in [1.29, 1.82) is 0 Å². The monoisotopic (exact) mass is 396 g/mol. The Hall–Kier alpha value is -1.15. The summed E-state index contributed by atoms with van der Waals surface area (Å²) in [4.78, 5) is 1.20. The standard InChI is InChI=1S/C26H36OS/c1-6-7-8-9-11-24(2,3)19-13-17-14-22(28)26-12-10-18(25(26,4)5)15-20(26)23(17)21(27)16-19/h13,15-16,18,27H,6-12,14H2,1-5H3. The van der Waals surface area contributed by atoms with Gasteiger partial charge in [-0.3, -0.25) is 0 Å². The van der Waals surface area contributed by atoms with Crippen molar-refractivity contribution in [3.63, 3.8) is 0 Å². The number of aromatic hydroxyl groups is 1. The molecule has 28 heavy (non-hydrogen) atoms. The summed E-state index contributed by atoms with van der Waals surface area (Å²) in [7, 11) is 0. The molecule has 1 fully saturated rings. The zero-order valence-electron chi connectivity index (χ0n) is 18.3. The smallest absolute Gasteiger partial charge is 0.123 e. The van der Waals surface area contributed by atoms with Crippen molar-refractivity contribution in [3.8, 4) is 5.75 Å². The van der Waals surface area contributed by atoms with Gasteiger partial charge in [-0.2, -0.15) is 0 Å². The molecule has 3 aliphatic rings. The van der Waals surface area contributed by atoms with Gasteiger partial charge in [-0.25, -0.2) is 0 Å². The van der Waals surface area contributed by atoms with Gasteiger partial charge in [0.2, 0.25) is 0 Å². The topological polar surface area (TPSA) is 20.2 Å². The Kier molecular flexibility index (Phi) is 4.81. The van der Waals surface area contributed by atoms with Gasteiger partial charge < -0.3 is 5.11 Å². The van der Waals surface area contributed by atoms with Gasteiger partial charge in [0, 0.05) is 22.3 Å². The number of hydrogen-bond acceptors (Lipinski definition) is 2. The molecule has 1 aromatic carbocycles. The number of rotatable bonds is 6. The van der Waals surface area contributed by atoms with E-state index in [2.05, 4.69) is 52.8 Å².